The lowest BCUT2D eigenvalue weighted by Crippen LogP contribution is -2.46. The van der Waals surface area contributed by atoms with Crippen LogP contribution in [0.1, 0.15) is 54.8 Å². The molecule has 0 aliphatic carbocycles. The summed E-state index contributed by atoms with van der Waals surface area (Å²) in [5.74, 6) is 1.51. The van der Waals surface area contributed by atoms with Gasteiger partial charge in [0.15, 0.2) is 17.3 Å². The van der Waals surface area contributed by atoms with E-state index in [0.717, 1.165) is 24.8 Å². The SMILES string of the molecule is COc1ccc(CN(CC[C@@]2(c3ccccc3)CCOC(C)(C)C2)C(=O)c2ccco2)cc1OC. The van der Waals surface area contributed by atoms with Crippen LogP contribution in [0.5, 0.6) is 11.5 Å². The summed E-state index contributed by atoms with van der Waals surface area (Å²) >= 11 is 0. The highest BCUT2D eigenvalue weighted by Gasteiger charge is 2.42. The molecule has 1 aromatic heterocycles. The summed E-state index contributed by atoms with van der Waals surface area (Å²) in [5, 5.41) is 0. The Morgan fingerprint density at radius 1 is 1.00 bits per heavy atom. The Balaban J connectivity index is 1.63. The van der Waals surface area contributed by atoms with Crippen LogP contribution >= 0.6 is 0 Å². The van der Waals surface area contributed by atoms with Gasteiger partial charge in [-0.3, -0.25) is 4.79 Å². The molecule has 186 valence electrons. The minimum absolute atomic E-state index is 0.0810. The molecule has 4 rings (SSSR count). The van der Waals surface area contributed by atoms with E-state index < -0.39 is 0 Å². The van der Waals surface area contributed by atoms with Gasteiger partial charge in [0.1, 0.15) is 0 Å². The van der Waals surface area contributed by atoms with Crippen LogP contribution in [0, 0.1) is 0 Å². The maximum Gasteiger partial charge on any atom is 0.289 e. The van der Waals surface area contributed by atoms with E-state index in [9.17, 15) is 4.79 Å². The van der Waals surface area contributed by atoms with Gasteiger partial charge in [0.2, 0.25) is 0 Å². The third kappa shape index (κ3) is 5.70. The van der Waals surface area contributed by atoms with E-state index in [1.54, 1.807) is 26.4 Å². The smallest absolute Gasteiger partial charge is 0.289 e. The Labute approximate surface area is 207 Å². The van der Waals surface area contributed by atoms with Crippen LogP contribution < -0.4 is 9.47 Å². The Morgan fingerprint density at radius 2 is 1.77 bits per heavy atom. The molecular weight excluding hydrogens is 442 g/mol. The molecule has 1 fully saturated rings. The molecule has 1 amide bonds. The highest BCUT2D eigenvalue weighted by atomic mass is 16.5. The lowest BCUT2D eigenvalue weighted by atomic mass is 9.67. The molecule has 1 aliphatic rings. The predicted molar refractivity (Wildman–Crippen MR) is 135 cm³/mol. The van der Waals surface area contributed by atoms with Crippen LogP contribution in [-0.4, -0.2) is 43.8 Å². The lowest BCUT2D eigenvalue weighted by Gasteiger charge is -2.46. The Kier molecular flexibility index (Phi) is 7.51. The summed E-state index contributed by atoms with van der Waals surface area (Å²) in [6.07, 6.45) is 4.17. The van der Waals surface area contributed by atoms with Gasteiger partial charge < -0.3 is 23.5 Å². The van der Waals surface area contributed by atoms with Crippen molar-refractivity contribution in [3.63, 3.8) is 0 Å². The highest BCUT2D eigenvalue weighted by Crippen LogP contribution is 2.44. The fourth-order valence-electron chi connectivity index (χ4n) is 5.23. The van der Waals surface area contributed by atoms with E-state index in [-0.39, 0.29) is 16.9 Å². The van der Waals surface area contributed by atoms with Gasteiger partial charge in [0.05, 0.1) is 26.1 Å². The molecule has 1 saturated heterocycles. The summed E-state index contributed by atoms with van der Waals surface area (Å²) in [5.41, 5.74) is 1.95. The molecule has 6 nitrogen and oxygen atoms in total. The number of hydrogen-bond acceptors (Lipinski definition) is 5. The number of amides is 1. The fraction of sp³-hybridized carbons (Fsp3) is 0.414. The quantitative estimate of drug-likeness (QED) is 0.387. The Hall–Kier alpha value is -3.25. The second-order valence-corrected chi connectivity index (χ2v) is 9.82. The van der Waals surface area contributed by atoms with E-state index in [1.807, 2.05) is 29.2 Å². The number of rotatable bonds is 9. The third-order valence-electron chi connectivity index (χ3n) is 6.92. The van der Waals surface area contributed by atoms with Crippen LogP contribution in [0.2, 0.25) is 0 Å². The van der Waals surface area contributed by atoms with Gasteiger partial charge in [0.25, 0.3) is 5.91 Å². The van der Waals surface area contributed by atoms with Gasteiger partial charge in [-0.05, 0) is 68.5 Å². The van der Waals surface area contributed by atoms with Crippen molar-refractivity contribution in [3.8, 4) is 11.5 Å². The van der Waals surface area contributed by atoms with Gasteiger partial charge in [-0.15, -0.1) is 0 Å². The molecule has 0 N–H and O–H groups in total. The summed E-state index contributed by atoms with van der Waals surface area (Å²) in [7, 11) is 3.23. The van der Waals surface area contributed by atoms with Crippen molar-refractivity contribution in [1.29, 1.82) is 0 Å². The van der Waals surface area contributed by atoms with Crippen molar-refractivity contribution in [2.24, 2.45) is 0 Å². The molecule has 0 bridgehead atoms. The van der Waals surface area contributed by atoms with Crippen LogP contribution in [0.3, 0.4) is 0 Å². The molecular formula is C29H35NO5. The van der Waals surface area contributed by atoms with E-state index in [4.69, 9.17) is 18.6 Å². The molecule has 2 heterocycles. The second kappa shape index (κ2) is 10.6. The summed E-state index contributed by atoms with van der Waals surface area (Å²) in [4.78, 5) is 15.3. The minimum Gasteiger partial charge on any atom is -0.493 e. The zero-order valence-electron chi connectivity index (χ0n) is 21.1. The van der Waals surface area contributed by atoms with Gasteiger partial charge in [-0.25, -0.2) is 0 Å². The number of furan rings is 1. The standard InChI is InChI=1S/C29H35NO5/c1-28(2)21-29(15-18-35-28,23-9-6-5-7-10-23)14-16-30(27(31)25-11-8-17-34-25)20-22-12-13-24(32-3)26(19-22)33-4/h5-13,17,19H,14-16,18,20-21H2,1-4H3/t29-/m1/s1. The second-order valence-electron chi connectivity index (χ2n) is 9.82. The Bertz CT molecular complexity index is 1110. The van der Waals surface area contributed by atoms with Crippen molar-refractivity contribution in [2.75, 3.05) is 27.4 Å². The van der Waals surface area contributed by atoms with Gasteiger partial charge in [-0.2, -0.15) is 0 Å². The summed E-state index contributed by atoms with van der Waals surface area (Å²) in [6.45, 7) is 6.02. The highest BCUT2D eigenvalue weighted by molar-refractivity contribution is 5.91. The maximum absolute atomic E-state index is 13.5. The number of hydrogen-bond donors (Lipinski definition) is 0. The molecule has 0 radical (unpaired) electrons. The molecule has 3 aromatic rings. The van der Waals surface area contributed by atoms with E-state index in [1.165, 1.54) is 11.8 Å². The monoisotopic (exact) mass is 477 g/mol. The van der Waals surface area contributed by atoms with Crippen LogP contribution in [-0.2, 0) is 16.7 Å². The van der Waals surface area contributed by atoms with Gasteiger partial charge in [0, 0.05) is 25.1 Å². The van der Waals surface area contributed by atoms with E-state index >= 15 is 0 Å². The van der Waals surface area contributed by atoms with Crippen LogP contribution in [0.25, 0.3) is 0 Å². The van der Waals surface area contributed by atoms with Crippen LogP contribution in [0.4, 0.5) is 0 Å². The molecule has 0 spiro atoms. The molecule has 2 aromatic carbocycles. The van der Waals surface area contributed by atoms with Gasteiger partial charge >= 0.3 is 0 Å². The molecule has 1 aliphatic heterocycles. The van der Waals surface area contributed by atoms with E-state index in [2.05, 4.69) is 38.1 Å². The lowest BCUT2D eigenvalue weighted by molar-refractivity contribution is -0.0850. The van der Waals surface area contributed by atoms with Crippen molar-refractivity contribution in [3.05, 3.63) is 83.8 Å². The number of carbonyl (C=O) groups excluding carboxylic acids is 1. The van der Waals surface area contributed by atoms with Crippen molar-refractivity contribution in [2.45, 2.75) is 50.7 Å². The van der Waals surface area contributed by atoms with E-state index in [0.29, 0.717) is 37.0 Å². The summed E-state index contributed by atoms with van der Waals surface area (Å²) in [6, 6.07) is 19.9. The predicted octanol–water partition coefficient (Wildman–Crippen LogP) is 5.86. The normalized spacial score (nSPS) is 19.2. The first-order chi connectivity index (χ1) is 16.9. The molecule has 35 heavy (non-hydrogen) atoms. The average molecular weight is 478 g/mol. The Morgan fingerprint density at radius 3 is 2.43 bits per heavy atom. The maximum atomic E-state index is 13.5. The number of ether oxygens (including phenoxy) is 3. The molecule has 0 unspecified atom stereocenters. The first-order valence-corrected chi connectivity index (χ1v) is 12.1. The molecule has 6 heteroatoms. The average Bonchev–Trinajstić information content (AvgIpc) is 3.41. The number of nitrogens with zero attached hydrogens (tertiary/aromatic N) is 1. The zero-order valence-corrected chi connectivity index (χ0v) is 21.1. The number of methoxy groups -OCH3 is 2. The first-order valence-electron chi connectivity index (χ1n) is 12.1. The zero-order chi connectivity index (χ0) is 24.9. The van der Waals surface area contributed by atoms with Gasteiger partial charge in [-0.1, -0.05) is 36.4 Å². The topological polar surface area (TPSA) is 61.1 Å². The fourth-order valence-corrected chi connectivity index (χ4v) is 5.23. The first kappa shape index (κ1) is 24.9. The van der Waals surface area contributed by atoms with Crippen LogP contribution in [0.15, 0.2) is 71.3 Å². The van der Waals surface area contributed by atoms with Crippen molar-refractivity contribution < 1.29 is 23.4 Å². The minimum atomic E-state index is -0.229. The summed E-state index contributed by atoms with van der Waals surface area (Å²) < 4.78 is 22.4. The third-order valence-corrected chi connectivity index (χ3v) is 6.92. The largest absolute Gasteiger partial charge is 0.493 e. The molecule has 1 atom stereocenters. The number of benzene rings is 2. The number of carbonyl (C=O) groups is 1. The van der Waals surface area contributed by atoms with Crippen molar-refractivity contribution >= 4 is 5.91 Å². The molecule has 0 saturated carbocycles. The van der Waals surface area contributed by atoms with Crippen molar-refractivity contribution in [1.82, 2.24) is 4.90 Å².